The van der Waals surface area contributed by atoms with Gasteiger partial charge in [-0.3, -0.25) is 15.0 Å². The van der Waals surface area contributed by atoms with Crippen LogP contribution in [-0.4, -0.2) is 73.0 Å². The molecule has 1 amide bonds. The number of amides is 1. The average Bonchev–Trinajstić information content (AvgIpc) is 3.03. The molecule has 0 aliphatic carbocycles. The van der Waals surface area contributed by atoms with Crippen molar-refractivity contribution >= 4 is 40.8 Å². The van der Waals surface area contributed by atoms with Gasteiger partial charge >= 0.3 is 5.97 Å². The summed E-state index contributed by atoms with van der Waals surface area (Å²) in [4.78, 5) is 37.1. The van der Waals surface area contributed by atoms with Crippen LogP contribution >= 0.6 is 0 Å². The molecule has 0 radical (unpaired) electrons. The van der Waals surface area contributed by atoms with Crippen LogP contribution in [0.15, 0.2) is 6.33 Å². The molecular formula is C16H27N11O3. The van der Waals surface area contributed by atoms with Crippen LogP contribution < -0.4 is 28.3 Å². The van der Waals surface area contributed by atoms with Crippen molar-refractivity contribution < 1.29 is 14.7 Å². The van der Waals surface area contributed by atoms with E-state index >= 15 is 0 Å². The molecule has 11 N–H and O–H groups in total. The second-order valence-corrected chi connectivity index (χ2v) is 6.78. The fraction of sp³-hybridized carbons (Fsp3) is 0.500. The smallest absolute Gasteiger partial charge is 0.323 e. The minimum Gasteiger partial charge on any atom is -0.480 e. The lowest BCUT2D eigenvalue weighted by molar-refractivity contribution is -0.144. The average molecular weight is 421 g/mol. The third-order valence-electron chi connectivity index (χ3n) is 4.26. The SMILES string of the molecule is N=C(N)NCCCC[C@H](N)CN(CC(=O)O)C(=O)Cn1cnc2c(N)nc(N)nc21. The van der Waals surface area contributed by atoms with E-state index in [1.54, 1.807) is 0 Å². The molecule has 0 spiro atoms. The van der Waals surface area contributed by atoms with E-state index in [4.69, 9.17) is 33.5 Å². The van der Waals surface area contributed by atoms with Crippen LogP contribution in [0, 0.1) is 5.41 Å². The van der Waals surface area contributed by atoms with Gasteiger partial charge in [-0.15, -0.1) is 0 Å². The lowest BCUT2D eigenvalue weighted by Crippen LogP contribution is -2.45. The second kappa shape index (κ2) is 10.2. The van der Waals surface area contributed by atoms with Gasteiger partial charge in [-0.1, -0.05) is 6.42 Å². The molecular weight excluding hydrogens is 394 g/mol. The molecule has 0 unspecified atom stereocenters. The molecule has 0 fully saturated rings. The maximum absolute atomic E-state index is 12.8. The van der Waals surface area contributed by atoms with Crippen molar-refractivity contribution in [2.45, 2.75) is 31.8 Å². The van der Waals surface area contributed by atoms with Crippen LogP contribution in [0.1, 0.15) is 19.3 Å². The van der Waals surface area contributed by atoms with Gasteiger partial charge in [0.05, 0.1) is 6.33 Å². The number of aromatic nitrogens is 4. The van der Waals surface area contributed by atoms with Crippen molar-refractivity contribution in [3.05, 3.63) is 6.33 Å². The summed E-state index contributed by atoms with van der Waals surface area (Å²) in [5.74, 6) is -1.67. The van der Waals surface area contributed by atoms with E-state index in [-0.39, 0.29) is 36.5 Å². The van der Waals surface area contributed by atoms with Crippen molar-refractivity contribution in [1.82, 2.24) is 29.7 Å². The predicted molar refractivity (Wildman–Crippen MR) is 110 cm³/mol. The van der Waals surface area contributed by atoms with Gasteiger partial charge in [-0.2, -0.15) is 9.97 Å². The monoisotopic (exact) mass is 421 g/mol. The number of nitrogens with two attached hydrogens (primary N) is 4. The number of rotatable bonds is 11. The van der Waals surface area contributed by atoms with Crippen LogP contribution in [-0.2, 0) is 16.1 Å². The molecule has 30 heavy (non-hydrogen) atoms. The van der Waals surface area contributed by atoms with Crippen molar-refractivity contribution in [2.24, 2.45) is 11.5 Å². The van der Waals surface area contributed by atoms with Crippen LogP contribution in [0.4, 0.5) is 11.8 Å². The Morgan fingerprint density at radius 1 is 1.30 bits per heavy atom. The van der Waals surface area contributed by atoms with E-state index in [1.807, 2.05) is 0 Å². The zero-order valence-corrected chi connectivity index (χ0v) is 16.4. The summed E-state index contributed by atoms with van der Waals surface area (Å²) in [7, 11) is 0. The minimum absolute atomic E-state index is 0.0575. The van der Waals surface area contributed by atoms with Gasteiger partial charge in [0, 0.05) is 19.1 Å². The first-order chi connectivity index (χ1) is 14.2. The van der Waals surface area contributed by atoms with Gasteiger partial charge < -0.3 is 42.8 Å². The van der Waals surface area contributed by atoms with Gasteiger partial charge in [0.25, 0.3) is 0 Å². The van der Waals surface area contributed by atoms with Crippen LogP contribution in [0.2, 0.25) is 0 Å². The number of unbranched alkanes of at least 4 members (excludes halogenated alkanes) is 1. The van der Waals surface area contributed by atoms with Crippen molar-refractivity contribution in [3.63, 3.8) is 0 Å². The summed E-state index contributed by atoms with van der Waals surface area (Å²) in [5, 5.41) is 18.9. The molecule has 0 saturated heterocycles. The van der Waals surface area contributed by atoms with Crippen molar-refractivity contribution in [3.8, 4) is 0 Å². The van der Waals surface area contributed by atoms with E-state index in [1.165, 1.54) is 15.8 Å². The molecule has 14 heteroatoms. The topological polar surface area (TPSA) is 241 Å². The molecule has 164 valence electrons. The number of fused-ring (bicyclic) bond motifs is 1. The van der Waals surface area contributed by atoms with Gasteiger partial charge in [0.1, 0.15) is 18.6 Å². The Morgan fingerprint density at radius 3 is 2.70 bits per heavy atom. The summed E-state index contributed by atoms with van der Waals surface area (Å²) >= 11 is 0. The fourth-order valence-corrected chi connectivity index (χ4v) is 2.89. The molecule has 0 aliphatic rings. The zero-order chi connectivity index (χ0) is 22.3. The molecule has 0 aliphatic heterocycles. The van der Waals surface area contributed by atoms with Gasteiger partial charge in [-0.05, 0) is 12.8 Å². The Morgan fingerprint density at radius 2 is 2.03 bits per heavy atom. The molecule has 0 aromatic carbocycles. The number of hydrogen-bond donors (Lipinski definition) is 7. The van der Waals surface area contributed by atoms with Gasteiger partial charge in [0.15, 0.2) is 17.4 Å². The Hall–Kier alpha value is -3.68. The highest BCUT2D eigenvalue weighted by Crippen LogP contribution is 2.17. The maximum Gasteiger partial charge on any atom is 0.323 e. The summed E-state index contributed by atoms with van der Waals surface area (Å²) in [6, 6.07) is -0.404. The second-order valence-electron chi connectivity index (χ2n) is 6.78. The quantitative estimate of drug-likeness (QED) is 0.117. The first kappa shape index (κ1) is 22.6. The predicted octanol–water partition coefficient (Wildman–Crippen LogP) is -2.12. The number of carbonyl (C=O) groups excluding carboxylic acids is 1. The number of carboxylic acid groups (broad SMARTS) is 1. The standard InChI is InChI=1S/C16H27N11O3/c17-9(3-1-2-4-22-15(19)20)5-26(7-11(29)30)10(28)6-27-8-23-12-13(18)24-16(21)25-14(12)27/h8-9H,1-7,17H2,(H,29,30)(H4,19,20,22)(H4,18,21,24,25)/t9-/m0/s1. The van der Waals surface area contributed by atoms with Gasteiger partial charge in [0.2, 0.25) is 11.9 Å². The third kappa shape index (κ3) is 6.44. The maximum atomic E-state index is 12.8. The molecule has 14 nitrogen and oxygen atoms in total. The Kier molecular flexibility index (Phi) is 7.69. The number of imidazole rings is 1. The van der Waals surface area contributed by atoms with Crippen molar-refractivity contribution in [2.75, 3.05) is 31.1 Å². The van der Waals surface area contributed by atoms with E-state index in [0.717, 1.165) is 12.8 Å². The summed E-state index contributed by atoms with van der Waals surface area (Å²) in [6.07, 6.45) is 3.42. The van der Waals surface area contributed by atoms with E-state index in [2.05, 4.69) is 20.3 Å². The number of nitrogens with one attached hydrogen (secondary N) is 2. The lowest BCUT2D eigenvalue weighted by Gasteiger charge is -2.24. The normalized spacial score (nSPS) is 11.9. The lowest BCUT2D eigenvalue weighted by atomic mass is 10.1. The molecule has 2 aromatic rings. The number of carboxylic acids is 1. The molecule has 0 saturated carbocycles. The highest BCUT2D eigenvalue weighted by molar-refractivity contribution is 5.85. The molecule has 2 aromatic heterocycles. The molecule has 2 heterocycles. The Bertz CT molecular complexity index is 913. The van der Waals surface area contributed by atoms with Crippen LogP contribution in [0.5, 0.6) is 0 Å². The molecule has 2 rings (SSSR count). The van der Waals surface area contributed by atoms with E-state index in [9.17, 15) is 9.59 Å². The van der Waals surface area contributed by atoms with Gasteiger partial charge in [-0.25, -0.2) is 4.98 Å². The minimum atomic E-state index is -1.15. The van der Waals surface area contributed by atoms with Crippen LogP contribution in [0.25, 0.3) is 11.2 Å². The summed E-state index contributed by atoms with van der Waals surface area (Å²) < 4.78 is 1.43. The highest BCUT2D eigenvalue weighted by atomic mass is 16.4. The third-order valence-corrected chi connectivity index (χ3v) is 4.26. The van der Waals surface area contributed by atoms with E-state index in [0.29, 0.717) is 18.5 Å². The first-order valence-corrected chi connectivity index (χ1v) is 9.24. The number of anilines is 2. The first-order valence-electron chi connectivity index (χ1n) is 9.24. The highest BCUT2D eigenvalue weighted by Gasteiger charge is 2.21. The zero-order valence-electron chi connectivity index (χ0n) is 16.4. The fourth-order valence-electron chi connectivity index (χ4n) is 2.89. The summed E-state index contributed by atoms with van der Waals surface area (Å²) in [5.41, 5.74) is 23.2. The van der Waals surface area contributed by atoms with Crippen molar-refractivity contribution in [1.29, 1.82) is 5.41 Å². The molecule has 1 atom stereocenters. The van der Waals surface area contributed by atoms with E-state index < -0.39 is 24.5 Å². The number of hydrogen-bond acceptors (Lipinski definition) is 9. The number of guanidine groups is 1. The number of carbonyl (C=O) groups is 2. The number of nitrogens with zero attached hydrogens (tertiary/aromatic N) is 5. The molecule has 0 bridgehead atoms. The largest absolute Gasteiger partial charge is 0.480 e. The van der Waals surface area contributed by atoms with Crippen LogP contribution in [0.3, 0.4) is 0 Å². The number of aliphatic carboxylic acids is 1. The number of nitrogen functional groups attached to an aromatic ring is 2. The Balaban J connectivity index is 2.00. The summed E-state index contributed by atoms with van der Waals surface area (Å²) in [6.45, 7) is -0.0575. The Labute approximate surface area is 172 Å².